The third kappa shape index (κ3) is 3.53. The first kappa shape index (κ1) is 12.0. The maximum Gasteiger partial charge on any atom is 0.0434 e. The van der Waals surface area contributed by atoms with Crippen LogP contribution in [0.25, 0.3) is 0 Å². The van der Waals surface area contributed by atoms with E-state index in [1.165, 1.54) is 5.56 Å². The SMILES string of the molecule is Nc1cccc(CCCO)c1CCCO. The smallest absolute Gasteiger partial charge is 0.0434 e. The maximum absolute atomic E-state index is 8.80. The molecule has 0 saturated carbocycles. The van der Waals surface area contributed by atoms with Gasteiger partial charge in [-0.1, -0.05) is 12.1 Å². The molecule has 0 fully saturated rings. The van der Waals surface area contributed by atoms with Gasteiger partial charge in [-0.2, -0.15) is 0 Å². The number of aryl methyl sites for hydroxylation is 1. The fourth-order valence-corrected chi connectivity index (χ4v) is 1.72. The van der Waals surface area contributed by atoms with Gasteiger partial charge in [0.15, 0.2) is 0 Å². The van der Waals surface area contributed by atoms with Crippen LogP contribution >= 0.6 is 0 Å². The van der Waals surface area contributed by atoms with Crippen LogP contribution in [-0.4, -0.2) is 23.4 Å². The van der Waals surface area contributed by atoms with Crippen LogP contribution in [0.1, 0.15) is 24.0 Å². The molecule has 0 saturated heterocycles. The number of hydrogen-bond donors (Lipinski definition) is 3. The molecule has 3 heteroatoms. The highest BCUT2D eigenvalue weighted by Crippen LogP contribution is 2.20. The van der Waals surface area contributed by atoms with Gasteiger partial charge in [0.1, 0.15) is 0 Å². The number of aliphatic hydroxyl groups excluding tert-OH is 2. The average Bonchev–Trinajstić information content (AvgIpc) is 2.25. The van der Waals surface area contributed by atoms with Crippen LogP contribution in [0.15, 0.2) is 18.2 Å². The summed E-state index contributed by atoms with van der Waals surface area (Å²) in [4.78, 5) is 0. The summed E-state index contributed by atoms with van der Waals surface area (Å²) in [6.45, 7) is 0.391. The Balaban J connectivity index is 2.77. The summed E-state index contributed by atoms with van der Waals surface area (Å²) in [5.74, 6) is 0. The quantitative estimate of drug-likeness (QED) is 0.615. The molecule has 0 radical (unpaired) electrons. The topological polar surface area (TPSA) is 66.5 Å². The zero-order valence-corrected chi connectivity index (χ0v) is 8.95. The van der Waals surface area contributed by atoms with E-state index in [0.29, 0.717) is 0 Å². The van der Waals surface area contributed by atoms with Crippen LogP contribution in [0, 0.1) is 0 Å². The summed E-state index contributed by atoms with van der Waals surface area (Å²) < 4.78 is 0. The van der Waals surface area contributed by atoms with Gasteiger partial charge >= 0.3 is 0 Å². The molecule has 0 unspecified atom stereocenters. The largest absolute Gasteiger partial charge is 0.398 e. The molecule has 0 aliphatic carbocycles. The molecule has 1 aromatic rings. The van der Waals surface area contributed by atoms with Crippen molar-refractivity contribution in [1.82, 2.24) is 0 Å². The molecule has 15 heavy (non-hydrogen) atoms. The van der Waals surface area contributed by atoms with Crippen molar-refractivity contribution in [3.05, 3.63) is 29.3 Å². The fourth-order valence-electron chi connectivity index (χ4n) is 1.72. The first-order valence-electron chi connectivity index (χ1n) is 5.37. The van der Waals surface area contributed by atoms with Crippen LogP contribution < -0.4 is 5.73 Å². The standard InChI is InChI=1S/C12H19NO2/c13-12-7-1-4-10(5-2-8-14)11(12)6-3-9-15/h1,4,7,14-15H,2-3,5-6,8-9,13H2. The lowest BCUT2D eigenvalue weighted by Gasteiger charge is -2.11. The van der Waals surface area contributed by atoms with E-state index in [1.807, 2.05) is 18.2 Å². The summed E-state index contributed by atoms with van der Waals surface area (Å²) in [6.07, 6.45) is 3.15. The van der Waals surface area contributed by atoms with Crippen molar-refractivity contribution in [2.45, 2.75) is 25.7 Å². The summed E-state index contributed by atoms with van der Waals surface area (Å²) >= 11 is 0. The molecular formula is C12H19NO2. The van der Waals surface area contributed by atoms with Crippen LogP contribution in [0.4, 0.5) is 5.69 Å². The van der Waals surface area contributed by atoms with Gasteiger partial charge < -0.3 is 15.9 Å². The number of nitrogen functional groups attached to an aromatic ring is 1. The van der Waals surface area contributed by atoms with Gasteiger partial charge in [-0.15, -0.1) is 0 Å². The van der Waals surface area contributed by atoms with Crippen molar-refractivity contribution in [3.8, 4) is 0 Å². The number of anilines is 1. The second-order valence-electron chi connectivity index (χ2n) is 3.64. The molecule has 0 amide bonds. The van der Waals surface area contributed by atoms with Gasteiger partial charge in [-0.25, -0.2) is 0 Å². The summed E-state index contributed by atoms with van der Waals surface area (Å²) in [7, 11) is 0. The van der Waals surface area contributed by atoms with Crippen molar-refractivity contribution in [3.63, 3.8) is 0 Å². The fraction of sp³-hybridized carbons (Fsp3) is 0.500. The van der Waals surface area contributed by atoms with Crippen molar-refractivity contribution < 1.29 is 10.2 Å². The van der Waals surface area contributed by atoms with Crippen LogP contribution in [-0.2, 0) is 12.8 Å². The highest BCUT2D eigenvalue weighted by Gasteiger charge is 2.05. The second-order valence-corrected chi connectivity index (χ2v) is 3.64. The summed E-state index contributed by atoms with van der Waals surface area (Å²) in [5, 5.41) is 17.6. The van der Waals surface area contributed by atoms with Crippen LogP contribution in [0.5, 0.6) is 0 Å². The minimum atomic E-state index is 0.188. The van der Waals surface area contributed by atoms with Gasteiger partial charge in [0, 0.05) is 18.9 Å². The monoisotopic (exact) mass is 209 g/mol. The lowest BCUT2D eigenvalue weighted by atomic mass is 9.98. The van der Waals surface area contributed by atoms with Gasteiger partial charge in [0.05, 0.1) is 0 Å². The van der Waals surface area contributed by atoms with Crippen molar-refractivity contribution in [2.24, 2.45) is 0 Å². The number of rotatable bonds is 6. The van der Waals surface area contributed by atoms with E-state index < -0.39 is 0 Å². The maximum atomic E-state index is 8.80. The van der Waals surface area contributed by atoms with Crippen molar-refractivity contribution >= 4 is 5.69 Å². The Bertz CT molecular complexity index is 300. The molecule has 0 aliphatic heterocycles. The second kappa shape index (κ2) is 6.43. The van der Waals surface area contributed by atoms with E-state index in [0.717, 1.165) is 36.9 Å². The molecule has 1 aromatic carbocycles. The molecule has 3 nitrogen and oxygen atoms in total. The Kier molecular flexibility index (Phi) is 5.15. The molecule has 84 valence electrons. The Labute approximate surface area is 90.5 Å². The van der Waals surface area contributed by atoms with Crippen molar-refractivity contribution in [1.29, 1.82) is 0 Å². The molecule has 0 aliphatic rings. The molecule has 1 rings (SSSR count). The first-order valence-corrected chi connectivity index (χ1v) is 5.37. The number of aliphatic hydroxyl groups is 2. The van der Waals surface area contributed by atoms with Gasteiger partial charge in [0.2, 0.25) is 0 Å². The van der Waals surface area contributed by atoms with Crippen LogP contribution in [0.3, 0.4) is 0 Å². The molecule has 0 atom stereocenters. The van der Waals surface area contributed by atoms with Gasteiger partial charge in [-0.05, 0) is 42.9 Å². The predicted molar refractivity (Wildman–Crippen MR) is 61.7 cm³/mol. The van der Waals surface area contributed by atoms with E-state index >= 15 is 0 Å². The molecular weight excluding hydrogens is 190 g/mol. The number of hydrogen-bond acceptors (Lipinski definition) is 3. The minimum Gasteiger partial charge on any atom is -0.398 e. The van der Waals surface area contributed by atoms with E-state index in [-0.39, 0.29) is 13.2 Å². The normalized spacial score (nSPS) is 10.5. The molecule has 0 aromatic heterocycles. The Morgan fingerprint density at radius 3 is 2.33 bits per heavy atom. The van der Waals surface area contributed by atoms with E-state index in [9.17, 15) is 0 Å². The molecule has 0 heterocycles. The molecule has 4 N–H and O–H groups in total. The van der Waals surface area contributed by atoms with E-state index in [2.05, 4.69) is 0 Å². The first-order chi connectivity index (χ1) is 7.29. The molecule has 0 bridgehead atoms. The lowest BCUT2D eigenvalue weighted by molar-refractivity contribution is 0.286. The Hall–Kier alpha value is -1.06. The summed E-state index contributed by atoms with van der Waals surface area (Å²) in [5.41, 5.74) is 9.00. The minimum absolute atomic E-state index is 0.188. The average molecular weight is 209 g/mol. The van der Waals surface area contributed by atoms with Crippen molar-refractivity contribution in [2.75, 3.05) is 18.9 Å². The third-order valence-electron chi connectivity index (χ3n) is 2.50. The summed E-state index contributed by atoms with van der Waals surface area (Å²) in [6, 6.07) is 5.86. The lowest BCUT2D eigenvalue weighted by Crippen LogP contribution is -2.02. The van der Waals surface area contributed by atoms with Gasteiger partial charge in [0.25, 0.3) is 0 Å². The van der Waals surface area contributed by atoms with E-state index in [1.54, 1.807) is 0 Å². The Morgan fingerprint density at radius 1 is 1.00 bits per heavy atom. The zero-order chi connectivity index (χ0) is 11.1. The number of nitrogens with two attached hydrogens (primary N) is 1. The third-order valence-corrected chi connectivity index (χ3v) is 2.50. The predicted octanol–water partition coefficient (Wildman–Crippen LogP) is 1.12. The van der Waals surface area contributed by atoms with E-state index in [4.69, 9.17) is 15.9 Å². The Morgan fingerprint density at radius 2 is 1.67 bits per heavy atom. The number of benzene rings is 1. The van der Waals surface area contributed by atoms with Gasteiger partial charge in [-0.3, -0.25) is 0 Å². The highest BCUT2D eigenvalue weighted by molar-refractivity contribution is 5.51. The molecule has 0 spiro atoms. The highest BCUT2D eigenvalue weighted by atomic mass is 16.3. The van der Waals surface area contributed by atoms with Crippen LogP contribution in [0.2, 0.25) is 0 Å². The zero-order valence-electron chi connectivity index (χ0n) is 8.95.